The topological polar surface area (TPSA) is 61.9 Å². The largest absolute Gasteiger partial charge is 0.354 e. The zero-order chi connectivity index (χ0) is 13.4. The zero-order valence-corrected chi connectivity index (χ0v) is 12.0. The Morgan fingerprint density at radius 1 is 1.47 bits per heavy atom. The van der Waals surface area contributed by atoms with Crippen molar-refractivity contribution in [2.45, 2.75) is 30.8 Å². The number of fused-ring (bicyclic) bond motifs is 1. The fourth-order valence-corrected chi connectivity index (χ4v) is 4.32. The van der Waals surface area contributed by atoms with Crippen molar-refractivity contribution in [2.75, 3.05) is 18.0 Å². The summed E-state index contributed by atoms with van der Waals surface area (Å²) in [5.41, 5.74) is 0.859. The average molecular weight is 278 g/mol. The van der Waals surface area contributed by atoms with Gasteiger partial charge in [-0.05, 0) is 19.4 Å². The van der Waals surface area contributed by atoms with E-state index in [1.54, 1.807) is 6.33 Å². The van der Waals surface area contributed by atoms with E-state index in [4.69, 9.17) is 0 Å². The molecule has 1 saturated heterocycles. The lowest BCUT2D eigenvalue weighted by Crippen LogP contribution is -2.48. The molecule has 0 aromatic carbocycles. The number of hydrogen-bond acceptors (Lipinski definition) is 4. The smallest absolute Gasteiger partial charge is 0.142 e. The molecule has 0 bridgehead atoms. The van der Waals surface area contributed by atoms with E-state index in [1.807, 2.05) is 12.3 Å². The Labute approximate surface area is 114 Å². The molecule has 0 saturated carbocycles. The molecule has 3 atom stereocenters. The van der Waals surface area contributed by atoms with Gasteiger partial charge >= 0.3 is 0 Å². The molecule has 0 spiro atoms. The van der Waals surface area contributed by atoms with Crippen molar-refractivity contribution in [1.82, 2.24) is 15.0 Å². The Morgan fingerprint density at radius 3 is 3.11 bits per heavy atom. The van der Waals surface area contributed by atoms with Crippen molar-refractivity contribution in [3.05, 3.63) is 18.6 Å². The van der Waals surface area contributed by atoms with Crippen molar-refractivity contribution in [3.63, 3.8) is 0 Å². The highest BCUT2D eigenvalue weighted by molar-refractivity contribution is 7.86. The Balaban J connectivity index is 1.98. The molecule has 2 aromatic rings. The van der Waals surface area contributed by atoms with Crippen molar-refractivity contribution in [2.24, 2.45) is 0 Å². The van der Waals surface area contributed by atoms with E-state index in [2.05, 4.69) is 33.7 Å². The minimum Gasteiger partial charge on any atom is -0.354 e. The van der Waals surface area contributed by atoms with E-state index in [0.717, 1.165) is 36.4 Å². The summed E-state index contributed by atoms with van der Waals surface area (Å²) >= 11 is 0. The molecule has 1 aliphatic rings. The Hall–Kier alpha value is -1.43. The van der Waals surface area contributed by atoms with Crippen LogP contribution in [-0.2, 0) is 10.8 Å². The molecular formula is C13H18N4OS. The molecular weight excluding hydrogens is 260 g/mol. The number of rotatable bonds is 2. The number of H-pyrrole nitrogens is 1. The van der Waals surface area contributed by atoms with Crippen LogP contribution in [0.5, 0.6) is 0 Å². The highest BCUT2D eigenvalue weighted by atomic mass is 32.2. The number of aromatic nitrogens is 3. The Morgan fingerprint density at radius 2 is 2.32 bits per heavy atom. The summed E-state index contributed by atoms with van der Waals surface area (Å²) in [7, 11) is -0.734. The summed E-state index contributed by atoms with van der Waals surface area (Å²) < 4.78 is 12.2. The van der Waals surface area contributed by atoms with Crippen LogP contribution in [0.15, 0.2) is 18.6 Å². The molecule has 1 fully saturated rings. The van der Waals surface area contributed by atoms with Crippen LogP contribution in [0.1, 0.15) is 20.3 Å². The second-order valence-electron chi connectivity index (χ2n) is 5.01. The monoisotopic (exact) mass is 278 g/mol. The normalized spacial score (nSPS) is 27.9. The Bertz CT molecular complexity index is 611. The third kappa shape index (κ3) is 2.14. The predicted molar refractivity (Wildman–Crippen MR) is 77.8 cm³/mol. The molecule has 19 heavy (non-hydrogen) atoms. The minimum atomic E-state index is -0.734. The van der Waals surface area contributed by atoms with Gasteiger partial charge in [0.15, 0.2) is 0 Å². The zero-order valence-electron chi connectivity index (χ0n) is 11.2. The van der Waals surface area contributed by atoms with Gasteiger partial charge in [0.25, 0.3) is 0 Å². The molecule has 3 rings (SSSR count). The lowest BCUT2D eigenvalue weighted by Gasteiger charge is -2.36. The van der Waals surface area contributed by atoms with Gasteiger partial charge in [0, 0.05) is 35.3 Å². The summed E-state index contributed by atoms with van der Waals surface area (Å²) in [6, 6.07) is 2.00. The lowest BCUT2D eigenvalue weighted by atomic mass is 10.2. The van der Waals surface area contributed by atoms with E-state index in [1.165, 1.54) is 0 Å². The van der Waals surface area contributed by atoms with Crippen molar-refractivity contribution in [3.8, 4) is 0 Å². The van der Waals surface area contributed by atoms with Gasteiger partial charge in [-0.1, -0.05) is 6.92 Å². The highest BCUT2D eigenvalue weighted by Crippen LogP contribution is 2.27. The van der Waals surface area contributed by atoms with Crippen LogP contribution in [0.3, 0.4) is 0 Å². The van der Waals surface area contributed by atoms with Gasteiger partial charge in [0.05, 0.1) is 10.6 Å². The first-order valence-corrected chi connectivity index (χ1v) is 7.90. The van der Waals surface area contributed by atoms with Crippen molar-refractivity contribution >= 4 is 27.7 Å². The van der Waals surface area contributed by atoms with Gasteiger partial charge < -0.3 is 9.88 Å². The van der Waals surface area contributed by atoms with Gasteiger partial charge in [-0.25, -0.2) is 9.97 Å². The average Bonchev–Trinajstić information content (AvgIpc) is 2.90. The van der Waals surface area contributed by atoms with E-state index < -0.39 is 10.8 Å². The quantitative estimate of drug-likeness (QED) is 0.908. The summed E-state index contributed by atoms with van der Waals surface area (Å²) in [4.78, 5) is 14.0. The number of anilines is 1. The molecule has 1 N–H and O–H groups in total. The highest BCUT2D eigenvalue weighted by Gasteiger charge is 2.31. The maximum Gasteiger partial charge on any atom is 0.142 e. The van der Waals surface area contributed by atoms with Gasteiger partial charge in [0.2, 0.25) is 0 Å². The Kier molecular flexibility index (Phi) is 3.26. The van der Waals surface area contributed by atoms with Gasteiger partial charge in [-0.15, -0.1) is 0 Å². The van der Waals surface area contributed by atoms with Crippen LogP contribution in [0.2, 0.25) is 0 Å². The number of nitrogens with zero attached hydrogens (tertiary/aromatic N) is 3. The first-order valence-electron chi connectivity index (χ1n) is 6.63. The van der Waals surface area contributed by atoms with Crippen LogP contribution in [-0.4, -0.2) is 42.8 Å². The van der Waals surface area contributed by atoms with E-state index in [-0.39, 0.29) is 10.5 Å². The van der Waals surface area contributed by atoms with Crippen LogP contribution >= 0.6 is 0 Å². The third-order valence-electron chi connectivity index (χ3n) is 3.71. The maximum absolute atomic E-state index is 12.2. The van der Waals surface area contributed by atoms with Gasteiger partial charge in [-0.2, -0.15) is 0 Å². The second-order valence-corrected chi connectivity index (χ2v) is 7.14. The molecule has 0 amide bonds. The first kappa shape index (κ1) is 12.6. The molecule has 0 aliphatic carbocycles. The molecule has 102 valence electrons. The van der Waals surface area contributed by atoms with Crippen LogP contribution in [0, 0.1) is 0 Å². The van der Waals surface area contributed by atoms with Gasteiger partial charge in [-0.3, -0.25) is 4.21 Å². The van der Waals surface area contributed by atoms with E-state index in [9.17, 15) is 4.21 Å². The minimum absolute atomic E-state index is 0.183. The SMILES string of the molecule is CCC1CN(c2ncnc3[nH]ccc23)CC(C)S1=O. The second kappa shape index (κ2) is 4.92. The fourth-order valence-electron chi connectivity index (χ4n) is 2.68. The molecule has 6 heteroatoms. The van der Waals surface area contributed by atoms with E-state index in [0.29, 0.717) is 0 Å². The predicted octanol–water partition coefficient (Wildman–Crippen LogP) is 1.69. The standard InChI is InChI=1S/C13H18N4OS/c1-3-10-7-17(6-9(2)19(10)18)13-11-4-5-14-12(11)15-8-16-13/h4-5,8-10H,3,6-7H2,1-2H3,(H,14,15,16). The van der Waals surface area contributed by atoms with Crippen molar-refractivity contribution in [1.29, 1.82) is 0 Å². The number of hydrogen-bond donors (Lipinski definition) is 1. The van der Waals surface area contributed by atoms with Gasteiger partial charge in [0.1, 0.15) is 17.8 Å². The molecule has 2 aromatic heterocycles. The van der Waals surface area contributed by atoms with Crippen LogP contribution in [0.25, 0.3) is 11.0 Å². The summed E-state index contributed by atoms with van der Waals surface area (Å²) in [5.74, 6) is 0.952. The van der Waals surface area contributed by atoms with Crippen molar-refractivity contribution < 1.29 is 4.21 Å². The molecule has 1 aliphatic heterocycles. The van der Waals surface area contributed by atoms with Crippen LogP contribution < -0.4 is 4.90 Å². The molecule has 3 heterocycles. The molecule has 5 nitrogen and oxygen atoms in total. The number of aromatic amines is 1. The first-order chi connectivity index (χ1) is 9.20. The maximum atomic E-state index is 12.2. The van der Waals surface area contributed by atoms with E-state index >= 15 is 0 Å². The molecule has 0 radical (unpaired) electrons. The fraction of sp³-hybridized carbons (Fsp3) is 0.538. The summed E-state index contributed by atoms with van der Waals surface area (Å²) in [6.07, 6.45) is 4.41. The summed E-state index contributed by atoms with van der Waals surface area (Å²) in [6.45, 7) is 5.76. The van der Waals surface area contributed by atoms with Crippen LogP contribution in [0.4, 0.5) is 5.82 Å². The molecule has 3 unspecified atom stereocenters. The lowest BCUT2D eigenvalue weighted by molar-refractivity contribution is 0.611. The summed E-state index contributed by atoms with van der Waals surface area (Å²) in [5, 5.41) is 1.45. The third-order valence-corrected chi connectivity index (χ3v) is 5.80. The number of nitrogens with one attached hydrogen (secondary N) is 1.